The molecule has 2 aromatic rings. The van der Waals surface area contributed by atoms with Gasteiger partial charge in [-0.25, -0.2) is 4.39 Å². The normalized spacial score (nSPS) is 20.0. The first-order chi connectivity index (χ1) is 15.3. The van der Waals surface area contributed by atoms with E-state index in [-0.39, 0.29) is 52.8 Å². The number of piperidine rings is 1. The minimum Gasteiger partial charge on any atom is -0.348 e. The van der Waals surface area contributed by atoms with E-state index in [1.54, 1.807) is 0 Å². The molecule has 2 unspecified atom stereocenters. The second kappa shape index (κ2) is 10.9. The van der Waals surface area contributed by atoms with Crippen LogP contribution in [0.5, 0.6) is 0 Å². The lowest BCUT2D eigenvalue weighted by atomic mass is 9.91. The number of hydrogen-bond donors (Lipinski definition) is 2. The fourth-order valence-corrected chi connectivity index (χ4v) is 4.51. The first-order valence-corrected chi connectivity index (χ1v) is 11.5. The third kappa shape index (κ3) is 5.86. The van der Waals surface area contributed by atoms with Crippen molar-refractivity contribution in [2.75, 3.05) is 13.1 Å². The van der Waals surface area contributed by atoms with E-state index in [0.717, 1.165) is 24.9 Å². The summed E-state index contributed by atoms with van der Waals surface area (Å²) in [5.41, 5.74) is 3.88. The van der Waals surface area contributed by atoms with Crippen LogP contribution in [-0.4, -0.2) is 41.9 Å². The van der Waals surface area contributed by atoms with Crippen LogP contribution in [0.1, 0.15) is 46.3 Å². The number of carbonyl (C=O) groups is 2. The van der Waals surface area contributed by atoms with Crippen molar-refractivity contribution in [2.45, 2.75) is 51.7 Å². The molecule has 178 valence electrons. The molecule has 0 aromatic heterocycles. The van der Waals surface area contributed by atoms with Crippen LogP contribution in [0.3, 0.4) is 0 Å². The zero-order valence-corrected chi connectivity index (χ0v) is 20.4. The summed E-state index contributed by atoms with van der Waals surface area (Å²) < 4.78 is 13.5. The highest BCUT2D eigenvalue weighted by molar-refractivity contribution is 6.31. The maximum Gasteiger partial charge on any atom is 0.251 e. The zero-order valence-electron chi connectivity index (χ0n) is 18.9. The number of halogens is 3. The van der Waals surface area contributed by atoms with Crippen molar-refractivity contribution < 1.29 is 14.0 Å². The Hall–Kier alpha value is -2.15. The Kier molecular flexibility index (Phi) is 8.38. The van der Waals surface area contributed by atoms with E-state index in [1.165, 1.54) is 29.3 Å². The van der Waals surface area contributed by atoms with Gasteiger partial charge in [0.2, 0.25) is 5.91 Å². The van der Waals surface area contributed by atoms with E-state index in [2.05, 4.69) is 36.6 Å². The van der Waals surface area contributed by atoms with Gasteiger partial charge < -0.3 is 15.5 Å². The Bertz CT molecular complexity index is 1030. The Balaban J connectivity index is 0.00000306. The van der Waals surface area contributed by atoms with Crippen LogP contribution in [0.25, 0.3) is 0 Å². The fourth-order valence-electron chi connectivity index (χ4n) is 4.33. The Morgan fingerprint density at radius 3 is 2.64 bits per heavy atom. The smallest absolute Gasteiger partial charge is 0.251 e. The van der Waals surface area contributed by atoms with Gasteiger partial charge in [0.15, 0.2) is 0 Å². The number of nitrogens with one attached hydrogen (secondary N) is 2. The SMILES string of the molecule is Cc1cccc(CN(C(=O)C2CNCCC2NC(=O)c2ccc(F)c(Cl)c2)C2CC2)c1C.Cl. The second-order valence-electron chi connectivity index (χ2n) is 8.86. The predicted molar refractivity (Wildman–Crippen MR) is 130 cm³/mol. The lowest BCUT2D eigenvalue weighted by Gasteiger charge is -2.36. The molecule has 2 atom stereocenters. The number of amides is 2. The van der Waals surface area contributed by atoms with E-state index in [9.17, 15) is 14.0 Å². The molecule has 5 nitrogen and oxygen atoms in total. The van der Waals surface area contributed by atoms with Gasteiger partial charge in [-0.05, 0) is 74.5 Å². The Morgan fingerprint density at radius 2 is 1.94 bits per heavy atom. The standard InChI is InChI=1S/C25H29ClFN3O2.ClH/c1-15-4-3-5-18(16(15)2)14-30(19-7-8-19)25(32)20-13-28-11-10-23(20)29-24(31)17-6-9-22(27)21(26)12-17;/h3-6,9,12,19-20,23,28H,7-8,10-11,13-14H2,1-2H3,(H,29,31);1H. The largest absolute Gasteiger partial charge is 0.348 e. The third-order valence-electron chi connectivity index (χ3n) is 6.63. The van der Waals surface area contributed by atoms with Crippen LogP contribution < -0.4 is 10.6 Å². The summed E-state index contributed by atoms with van der Waals surface area (Å²) in [4.78, 5) is 28.5. The number of hydrogen-bond acceptors (Lipinski definition) is 3. The summed E-state index contributed by atoms with van der Waals surface area (Å²) in [5.74, 6) is -1.19. The van der Waals surface area contributed by atoms with Crippen LogP contribution in [-0.2, 0) is 11.3 Å². The summed E-state index contributed by atoms with van der Waals surface area (Å²) in [5, 5.41) is 6.21. The summed E-state index contributed by atoms with van der Waals surface area (Å²) in [6.45, 7) is 6.00. The molecule has 2 amide bonds. The Labute approximate surface area is 205 Å². The molecule has 33 heavy (non-hydrogen) atoms. The molecule has 1 saturated heterocycles. The molecule has 4 rings (SSSR count). The van der Waals surface area contributed by atoms with E-state index < -0.39 is 5.82 Å². The van der Waals surface area contributed by atoms with E-state index >= 15 is 0 Å². The van der Waals surface area contributed by atoms with Crippen molar-refractivity contribution in [1.82, 2.24) is 15.5 Å². The fraction of sp³-hybridized carbons (Fsp3) is 0.440. The monoisotopic (exact) mass is 493 g/mol. The molecule has 1 aliphatic carbocycles. The van der Waals surface area contributed by atoms with Crippen LogP contribution >= 0.6 is 24.0 Å². The van der Waals surface area contributed by atoms with Crippen molar-refractivity contribution in [3.05, 3.63) is 69.5 Å². The van der Waals surface area contributed by atoms with Gasteiger partial charge in [0.1, 0.15) is 5.82 Å². The maximum absolute atomic E-state index is 13.7. The first-order valence-electron chi connectivity index (χ1n) is 11.2. The molecule has 1 aliphatic heterocycles. The highest BCUT2D eigenvalue weighted by Gasteiger charge is 2.40. The van der Waals surface area contributed by atoms with E-state index in [0.29, 0.717) is 19.5 Å². The molecular weight excluding hydrogens is 464 g/mol. The van der Waals surface area contributed by atoms with Gasteiger partial charge in [-0.1, -0.05) is 29.8 Å². The first kappa shape index (κ1) is 25.5. The van der Waals surface area contributed by atoms with Gasteiger partial charge in [-0.15, -0.1) is 12.4 Å². The van der Waals surface area contributed by atoms with Crippen LogP contribution in [0.4, 0.5) is 4.39 Å². The average Bonchev–Trinajstić information content (AvgIpc) is 3.62. The van der Waals surface area contributed by atoms with Crippen LogP contribution in [0.2, 0.25) is 5.02 Å². The summed E-state index contributed by atoms with van der Waals surface area (Å²) >= 11 is 5.84. The topological polar surface area (TPSA) is 61.4 Å². The molecule has 2 aromatic carbocycles. The molecule has 0 bridgehead atoms. The molecule has 8 heteroatoms. The zero-order chi connectivity index (χ0) is 22.8. The van der Waals surface area contributed by atoms with Crippen molar-refractivity contribution in [3.63, 3.8) is 0 Å². The lowest BCUT2D eigenvalue weighted by molar-refractivity contribution is -0.138. The molecule has 0 spiro atoms. The maximum atomic E-state index is 13.7. The average molecular weight is 494 g/mol. The molecule has 1 saturated carbocycles. The molecule has 2 aliphatic rings. The van der Waals surface area contributed by atoms with Crippen molar-refractivity contribution in [2.24, 2.45) is 5.92 Å². The molecule has 1 heterocycles. The lowest BCUT2D eigenvalue weighted by Crippen LogP contribution is -2.55. The minimum atomic E-state index is -0.565. The molecule has 2 N–H and O–H groups in total. The number of carbonyl (C=O) groups excluding carboxylic acids is 2. The number of benzene rings is 2. The van der Waals surface area contributed by atoms with Crippen molar-refractivity contribution in [3.8, 4) is 0 Å². The highest BCUT2D eigenvalue weighted by atomic mass is 35.5. The Morgan fingerprint density at radius 1 is 1.18 bits per heavy atom. The molecule has 2 fully saturated rings. The summed E-state index contributed by atoms with van der Waals surface area (Å²) in [6.07, 6.45) is 2.68. The minimum absolute atomic E-state index is 0. The van der Waals surface area contributed by atoms with Gasteiger partial charge in [0, 0.05) is 30.7 Å². The van der Waals surface area contributed by atoms with Gasteiger partial charge in [-0.3, -0.25) is 9.59 Å². The third-order valence-corrected chi connectivity index (χ3v) is 6.92. The predicted octanol–water partition coefficient (Wildman–Crippen LogP) is 4.42. The van der Waals surface area contributed by atoms with Crippen LogP contribution in [0.15, 0.2) is 36.4 Å². The quantitative estimate of drug-likeness (QED) is 0.626. The van der Waals surface area contributed by atoms with Crippen LogP contribution in [0, 0.1) is 25.6 Å². The summed E-state index contributed by atoms with van der Waals surface area (Å²) in [6, 6.07) is 10.1. The number of nitrogens with zero attached hydrogens (tertiary/aromatic N) is 1. The number of rotatable bonds is 6. The van der Waals surface area contributed by atoms with Crippen molar-refractivity contribution in [1.29, 1.82) is 0 Å². The van der Waals surface area contributed by atoms with Gasteiger partial charge >= 0.3 is 0 Å². The van der Waals surface area contributed by atoms with Gasteiger partial charge in [0.05, 0.1) is 10.9 Å². The van der Waals surface area contributed by atoms with E-state index in [1.807, 2.05) is 11.0 Å². The van der Waals surface area contributed by atoms with Crippen molar-refractivity contribution >= 4 is 35.8 Å². The van der Waals surface area contributed by atoms with Gasteiger partial charge in [0.25, 0.3) is 5.91 Å². The second-order valence-corrected chi connectivity index (χ2v) is 9.27. The van der Waals surface area contributed by atoms with Gasteiger partial charge in [-0.2, -0.15) is 0 Å². The molecule has 0 radical (unpaired) electrons. The molecular formula is C25H30Cl2FN3O2. The van der Waals surface area contributed by atoms with E-state index in [4.69, 9.17) is 11.6 Å². The highest BCUT2D eigenvalue weighted by Crippen LogP contribution is 2.32. The summed E-state index contributed by atoms with van der Waals surface area (Å²) in [7, 11) is 0. The number of aryl methyl sites for hydroxylation is 1.